The van der Waals surface area contributed by atoms with Gasteiger partial charge in [-0.25, -0.2) is 4.79 Å². The van der Waals surface area contributed by atoms with E-state index in [0.717, 1.165) is 19.3 Å². The average Bonchev–Trinajstić information content (AvgIpc) is 3.14. The number of urea groups is 1. The average molecular weight is 566 g/mol. The number of Topliss-reactive ketones (excluding diaryl/α,β-unsaturated/α-hetero) is 1. The molecule has 2 aliphatic rings. The highest BCUT2D eigenvalue weighted by atomic mass is 16.3. The van der Waals surface area contributed by atoms with Crippen LogP contribution >= 0.6 is 0 Å². The summed E-state index contributed by atoms with van der Waals surface area (Å²) < 4.78 is 0. The predicted octanol–water partition coefficient (Wildman–Crippen LogP) is 1.85. The van der Waals surface area contributed by atoms with Crippen molar-refractivity contribution in [1.29, 1.82) is 0 Å². The number of amides is 5. The van der Waals surface area contributed by atoms with E-state index < -0.39 is 64.2 Å². The quantitative estimate of drug-likeness (QED) is 0.253. The second-order valence-corrected chi connectivity index (χ2v) is 14.3. The van der Waals surface area contributed by atoms with Gasteiger partial charge < -0.3 is 31.7 Å². The summed E-state index contributed by atoms with van der Waals surface area (Å²) in [5.41, 5.74) is 2.63. The zero-order chi connectivity index (χ0) is 30.8. The van der Waals surface area contributed by atoms with Crippen molar-refractivity contribution in [2.45, 2.75) is 124 Å². The zero-order valence-electron chi connectivity index (χ0n) is 25.7. The molecule has 0 spiro atoms. The van der Waals surface area contributed by atoms with Crippen molar-refractivity contribution in [3.63, 3.8) is 0 Å². The van der Waals surface area contributed by atoms with Crippen LogP contribution in [0.1, 0.15) is 94.4 Å². The van der Waals surface area contributed by atoms with Gasteiger partial charge in [-0.3, -0.25) is 19.2 Å². The van der Waals surface area contributed by atoms with Crippen molar-refractivity contribution in [2.75, 3.05) is 6.54 Å². The maximum absolute atomic E-state index is 14.1. The van der Waals surface area contributed by atoms with Gasteiger partial charge in [-0.05, 0) is 50.4 Å². The number of β-amino-alcohol motifs (C(OH)–C–C–N with tert-alkyl or cyclic N) is 1. The molecule has 228 valence electrons. The fraction of sp³-hybridized carbons (Fsp3) is 0.828. The number of likely N-dealkylation sites (tertiary alicyclic amines) is 1. The first-order chi connectivity index (χ1) is 18.2. The largest absolute Gasteiger partial charge is 0.388 e. The van der Waals surface area contributed by atoms with Gasteiger partial charge in [0.05, 0.1) is 18.2 Å². The molecule has 2 fully saturated rings. The molecule has 0 bridgehead atoms. The molecule has 6 N–H and O–H groups in total. The van der Waals surface area contributed by atoms with E-state index in [-0.39, 0.29) is 30.7 Å². The minimum atomic E-state index is -1.38. The van der Waals surface area contributed by atoms with E-state index in [1.807, 2.05) is 41.5 Å². The van der Waals surface area contributed by atoms with Crippen LogP contribution in [0.25, 0.3) is 0 Å². The molecule has 2 unspecified atom stereocenters. The molecular weight excluding hydrogens is 514 g/mol. The van der Waals surface area contributed by atoms with E-state index in [4.69, 9.17) is 5.73 Å². The van der Waals surface area contributed by atoms with Crippen LogP contribution in [-0.2, 0) is 19.2 Å². The molecule has 1 saturated carbocycles. The molecule has 11 nitrogen and oxygen atoms in total. The molecule has 11 heteroatoms. The van der Waals surface area contributed by atoms with Crippen LogP contribution in [0.5, 0.6) is 0 Å². The van der Waals surface area contributed by atoms with Crippen molar-refractivity contribution < 1.29 is 29.1 Å². The Morgan fingerprint density at radius 2 is 1.57 bits per heavy atom. The van der Waals surface area contributed by atoms with E-state index >= 15 is 0 Å². The first-order valence-corrected chi connectivity index (χ1v) is 14.4. The van der Waals surface area contributed by atoms with Gasteiger partial charge in [0, 0.05) is 12.0 Å². The lowest BCUT2D eigenvalue weighted by Gasteiger charge is -2.37. The Morgan fingerprint density at radius 1 is 1.00 bits per heavy atom. The Hall–Kier alpha value is -2.69. The highest BCUT2D eigenvalue weighted by Crippen LogP contribution is 2.38. The summed E-state index contributed by atoms with van der Waals surface area (Å²) in [7, 11) is 0. The summed E-state index contributed by atoms with van der Waals surface area (Å²) in [6.45, 7) is 16.6. The van der Waals surface area contributed by atoms with Crippen LogP contribution in [0.15, 0.2) is 0 Å². The molecule has 1 saturated heterocycles. The van der Waals surface area contributed by atoms with E-state index in [2.05, 4.69) is 16.0 Å². The third kappa shape index (κ3) is 8.41. The molecule has 5 atom stereocenters. The molecule has 0 aromatic carbocycles. The van der Waals surface area contributed by atoms with Crippen LogP contribution in [0.3, 0.4) is 0 Å². The normalized spacial score (nSPS) is 24.1. The number of nitrogens with one attached hydrogen (secondary N) is 3. The van der Waals surface area contributed by atoms with Crippen LogP contribution in [0.2, 0.25) is 0 Å². The van der Waals surface area contributed by atoms with Crippen LogP contribution in [-0.4, -0.2) is 75.4 Å². The molecule has 40 heavy (non-hydrogen) atoms. The molecule has 5 amide bonds. The number of rotatable bonds is 10. The Labute approximate surface area is 238 Å². The Kier molecular flexibility index (Phi) is 10.4. The van der Waals surface area contributed by atoms with Gasteiger partial charge in [0.1, 0.15) is 12.1 Å². The monoisotopic (exact) mass is 565 g/mol. The number of hydrogen-bond donors (Lipinski definition) is 5. The number of carbonyl (C=O) groups is 5. The maximum atomic E-state index is 14.1. The zero-order valence-corrected chi connectivity index (χ0v) is 25.7. The molecule has 0 aromatic heterocycles. The van der Waals surface area contributed by atoms with Crippen molar-refractivity contribution >= 4 is 29.5 Å². The molecule has 1 aliphatic carbocycles. The van der Waals surface area contributed by atoms with Gasteiger partial charge in [0.15, 0.2) is 0 Å². The number of primary amides is 1. The number of aliphatic hydroxyl groups is 1. The lowest BCUT2D eigenvalue weighted by Crippen LogP contribution is -2.61. The van der Waals surface area contributed by atoms with E-state index in [1.54, 1.807) is 20.8 Å². The van der Waals surface area contributed by atoms with Crippen molar-refractivity contribution in [2.24, 2.45) is 28.9 Å². The summed E-state index contributed by atoms with van der Waals surface area (Å²) in [6.07, 6.45) is 3.06. The predicted molar refractivity (Wildman–Crippen MR) is 152 cm³/mol. The fourth-order valence-electron chi connectivity index (χ4n) is 5.39. The third-order valence-corrected chi connectivity index (χ3v) is 8.35. The lowest BCUT2D eigenvalue weighted by atomic mass is 9.79. The number of hydrogen-bond acceptors (Lipinski definition) is 6. The van der Waals surface area contributed by atoms with Crippen molar-refractivity contribution in [1.82, 2.24) is 20.9 Å². The Morgan fingerprint density at radius 3 is 2.00 bits per heavy atom. The highest BCUT2D eigenvalue weighted by molar-refractivity contribution is 6.37. The number of ketones is 1. The van der Waals surface area contributed by atoms with Gasteiger partial charge >= 0.3 is 6.03 Å². The fourth-order valence-corrected chi connectivity index (χ4v) is 5.39. The summed E-state index contributed by atoms with van der Waals surface area (Å²) >= 11 is 0. The van der Waals surface area contributed by atoms with Crippen molar-refractivity contribution in [3.05, 3.63) is 0 Å². The first-order valence-electron chi connectivity index (χ1n) is 14.4. The van der Waals surface area contributed by atoms with Crippen LogP contribution < -0.4 is 21.7 Å². The van der Waals surface area contributed by atoms with E-state index in [9.17, 15) is 29.1 Å². The summed E-state index contributed by atoms with van der Waals surface area (Å²) in [5.74, 6) is -3.16. The second kappa shape index (κ2) is 12.4. The van der Waals surface area contributed by atoms with Gasteiger partial charge in [-0.1, -0.05) is 60.8 Å². The molecule has 2 rings (SSSR count). The maximum Gasteiger partial charge on any atom is 0.315 e. The third-order valence-electron chi connectivity index (χ3n) is 8.35. The molecule has 1 aliphatic heterocycles. The van der Waals surface area contributed by atoms with Crippen molar-refractivity contribution in [3.8, 4) is 0 Å². The van der Waals surface area contributed by atoms with E-state index in [0.29, 0.717) is 6.42 Å². The number of nitrogens with zero attached hydrogens (tertiary/aromatic N) is 1. The first kappa shape index (κ1) is 33.5. The minimum Gasteiger partial charge on any atom is -0.388 e. The molecular formula is C29H51N5O6. The number of carbonyl (C=O) groups excluding carboxylic acids is 5. The van der Waals surface area contributed by atoms with Crippen LogP contribution in [0, 0.1) is 23.2 Å². The highest BCUT2D eigenvalue weighted by Gasteiger charge is 2.53. The second-order valence-electron chi connectivity index (χ2n) is 14.3. The summed E-state index contributed by atoms with van der Waals surface area (Å²) in [6, 6.07) is -3.75. The summed E-state index contributed by atoms with van der Waals surface area (Å²) in [5, 5.41) is 20.0. The van der Waals surface area contributed by atoms with Gasteiger partial charge in [0.2, 0.25) is 17.6 Å². The Bertz CT molecular complexity index is 980. The molecule has 1 heterocycles. The minimum absolute atomic E-state index is 0.0458. The molecule has 0 aromatic rings. The van der Waals surface area contributed by atoms with Gasteiger partial charge in [-0.2, -0.15) is 0 Å². The molecule has 0 radical (unpaired) electrons. The van der Waals surface area contributed by atoms with Crippen LogP contribution in [0.4, 0.5) is 4.79 Å². The SMILES string of the molecule is CC(C)C(C)[C@@]1(O)C[C@@H](C(=O)NC(CC2CCC2)C(=O)C(N)=O)N(C(=O)[C@@H](NC(=O)NC(C)(C)C)C(C)(C)C)C1. The summed E-state index contributed by atoms with van der Waals surface area (Å²) in [4.78, 5) is 66.3. The lowest BCUT2D eigenvalue weighted by molar-refractivity contribution is -0.143. The van der Waals surface area contributed by atoms with Gasteiger partial charge in [-0.15, -0.1) is 0 Å². The Balaban J connectivity index is 2.42. The van der Waals surface area contributed by atoms with E-state index in [1.165, 1.54) is 4.90 Å². The smallest absolute Gasteiger partial charge is 0.315 e. The van der Waals surface area contributed by atoms with Gasteiger partial charge in [0.25, 0.3) is 5.91 Å². The number of nitrogens with two attached hydrogens (primary N) is 1. The topological polar surface area (TPSA) is 171 Å². The standard InChI is InChI=1S/C29H51N5O6/c1-16(2)17(3)29(40)14-20(24(37)31-19(21(35)23(30)36)13-18-11-10-12-18)34(15-29)25(38)22(27(4,5)6)32-26(39)33-28(7,8)9/h16-20,22,40H,10-15H2,1-9H3,(H2,30,36)(H,31,37)(H2,32,33,39)/t17?,19?,20-,22+,29+/m0/s1.